The number of nitrogens with two attached hydrogens (primary N) is 1. The number of aromatic carboxylic acids is 1. The normalized spacial score (nSPS) is 16.0. The molecule has 1 saturated heterocycles. The number of nitrogens with zero attached hydrogens (tertiary/aromatic N) is 1. The fraction of sp³-hybridized carbons (Fsp3) is 0.300. The third kappa shape index (κ3) is 6.65. The Kier molecular flexibility index (Phi) is 8.55. The van der Waals surface area contributed by atoms with Crippen molar-refractivity contribution in [1.29, 1.82) is 0 Å². The number of hydrogen-bond donors (Lipinski definition) is 3. The molecule has 0 unspecified atom stereocenters. The monoisotopic (exact) mass is 515 g/mol. The van der Waals surface area contributed by atoms with E-state index in [1.54, 1.807) is 30.3 Å². The van der Waals surface area contributed by atoms with Gasteiger partial charge >= 0.3 is 5.97 Å². The molecule has 3 aromatic rings. The summed E-state index contributed by atoms with van der Waals surface area (Å²) >= 11 is 0. The van der Waals surface area contributed by atoms with Gasteiger partial charge in [0.1, 0.15) is 0 Å². The minimum atomic E-state index is -0.935. The maximum atomic E-state index is 11.3. The number of primary amides is 1. The lowest BCUT2D eigenvalue weighted by Crippen LogP contribution is -2.35. The van der Waals surface area contributed by atoms with Crippen LogP contribution in [0.5, 0.6) is 0 Å². The average molecular weight is 516 g/mol. The van der Waals surface area contributed by atoms with Crippen molar-refractivity contribution >= 4 is 18.3 Å². The van der Waals surface area contributed by atoms with E-state index in [0.717, 1.165) is 62.4 Å². The number of carboxylic acids is 1. The summed E-state index contributed by atoms with van der Waals surface area (Å²) in [6.45, 7) is 6.54. The maximum Gasteiger partial charge on any atom is 0.335 e. The Labute approximate surface area is 222 Å². The second-order valence-electron chi connectivity index (χ2n) is 9.71. The van der Waals surface area contributed by atoms with Gasteiger partial charge in [-0.3, -0.25) is 14.5 Å². The van der Waals surface area contributed by atoms with Gasteiger partial charge < -0.3 is 20.9 Å². The molecule has 2 aliphatic rings. The van der Waals surface area contributed by atoms with Crippen molar-refractivity contribution < 1.29 is 24.2 Å². The molecule has 38 heavy (non-hydrogen) atoms. The largest absolute Gasteiger partial charge is 0.478 e. The molecule has 0 radical (unpaired) electrons. The summed E-state index contributed by atoms with van der Waals surface area (Å²) in [4.78, 5) is 34.7. The Morgan fingerprint density at radius 3 is 2.29 bits per heavy atom. The molecule has 0 atom stereocenters. The molecule has 198 valence electrons. The molecule has 8 nitrogen and oxygen atoms in total. The van der Waals surface area contributed by atoms with Gasteiger partial charge in [0, 0.05) is 25.2 Å². The predicted octanol–water partition coefficient (Wildman–Crippen LogP) is 3.71. The molecule has 1 aliphatic heterocycles. The van der Waals surface area contributed by atoms with Gasteiger partial charge in [-0.25, -0.2) is 4.79 Å². The molecule has 1 heterocycles. The van der Waals surface area contributed by atoms with E-state index in [9.17, 15) is 14.4 Å². The summed E-state index contributed by atoms with van der Waals surface area (Å²) in [5.74, 6) is -1.32. The summed E-state index contributed by atoms with van der Waals surface area (Å²) in [5, 5.41) is 11.5. The molecule has 0 spiro atoms. The lowest BCUT2D eigenvalue weighted by Gasteiger charge is -2.26. The minimum Gasteiger partial charge on any atom is -0.478 e. The first-order chi connectivity index (χ1) is 18.3. The second-order valence-corrected chi connectivity index (χ2v) is 9.71. The molecule has 5 rings (SSSR count). The molecule has 4 N–H and O–H groups in total. The number of morpholine rings is 1. The highest BCUT2D eigenvalue weighted by Crippen LogP contribution is 2.45. The lowest BCUT2D eigenvalue weighted by molar-refractivity contribution is -0.110. The number of carbonyl (C=O) groups excluding carboxylic acids is 2. The van der Waals surface area contributed by atoms with E-state index in [1.165, 1.54) is 11.1 Å². The smallest absolute Gasteiger partial charge is 0.335 e. The van der Waals surface area contributed by atoms with Crippen LogP contribution < -0.4 is 11.1 Å². The Morgan fingerprint density at radius 1 is 1.03 bits per heavy atom. The predicted molar refractivity (Wildman–Crippen MR) is 145 cm³/mol. The van der Waals surface area contributed by atoms with Crippen LogP contribution in [0, 0.1) is 6.92 Å². The summed E-state index contributed by atoms with van der Waals surface area (Å²) in [6, 6.07) is 20.8. The fourth-order valence-electron chi connectivity index (χ4n) is 4.68. The molecule has 2 fully saturated rings. The van der Waals surface area contributed by atoms with Gasteiger partial charge in [0.15, 0.2) is 0 Å². The van der Waals surface area contributed by atoms with Gasteiger partial charge in [-0.05, 0) is 77.9 Å². The number of amides is 2. The van der Waals surface area contributed by atoms with E-state index >= 15 is 0 Å². The topological polar surface area (TPSA) is 122 Å². The van der Waals surface area contributed by atoms with Crippen LogP contribution in [0.25, 0.3) is 11.1 Å². The zero-order valence-electron chi connectivity index (χ0n) is 21.5. The molecule has 0 bridgehead atoms. The molecule has 1 saturated carbocycles. The highest BCUT2D eigenvalue weighted by molar-refractivity contribution is 5.93. The van der Waals surface area contributed by atoms with Crippen LogP contribution in [0.1, 0.15) is 50.2 Å². The third-order valence-corrected chi connectivity index (χ3v) is 7.03. The van der Waals surface area contributed by atoms with E-state index < -0.39 is 5.97 Å². The van der Waals surface area contributed by atoms with Crippen molar-refractivity contribution in [3.8, 4) is 11.1 Å². The lowest BCUT2D eigenvalue weighted by atomic mass is 9.97. The van der Waals surface area contributed by atoms with E-state index in [2.05, 4.69) is 34.5 Å². The van der Waals surface area contributed by atoms with E-state index in [0.29, 0.717) is 12.0 Å². The molecular formula is C30H33N3O5. The number of aryl methyl sites for hydroxylation is 1. The van der Waals surface area contributed by atoms with Crippen molar-refractivity contribution in [1.82, 2.24) is 10.2 Å². The van der Waals surface area contributed by atoms with Gasteiger partial charge in [-0.1, -0.05) is 36.4 Å². The van der Waals surface area contributed by atoms with Crippen LogP contribution in [-0.4, -0.2) is 54.6 Å². The van der Waals surface area contributed by atoms with Crippen molar-refractivity contribution in [2.45, 2.75) is 31.8 Å². The van der Waals surface area contributed by atoms with Crippen molar-refractivity contribution in [3.05, 3.63) is 94.5 Å². The van der Waals surface area contributed by atoms with E-state index in [4.69, 9.17) is 15.6 Å². The van der Waals surface area contributed by atoms with Crippen molar-refractivity contribution in [3.63, 3.8) is 0 Å². The highest BCUT2D eigenvalue weighted by atomic mass is 16.5. The quantitative estimate of drug-likeness (QED) is 0.393. The zero-order chi connectivity index (χ0) is 27.1. The van der Waals surface area contributed by atoms with E-state index in [1.807, 2.05) is 19.1 Å². The van der Waals surface area contributed by atoms with Crippen LogP contribution in [0.2, 0.25) is 0 Å². The Bertz CT molecular complexity index is 1300. The van der Waals surface area contributed by atoms with Gasteiger partial charge in [0.05, 0.1) is 24.3 Å². The number of rotatable bonds is 8. The minimum absolute atomic E-state index is 0.237. The summed E-state index contributed by atoms with van der Waals surface area (Å²) in [7, 11) is 0. The molecular weight excluding hydrogens is 482 g/mol. The van der Waals surface area contributed by atoms with Crippen LogP contribution >= 0.6 is 0 Å². The summed E-state index contributed by atoms with van der Waals surface area (Å²) in [6.07, 6.45) is 2.52. The summed E-state index contributed by atoms with van der Waals surface area (Å²) < 4.78 is 5.40. The van der Waals surface area contributed by atoms with Crippen LogP contribution in [0.15, 0.2) is 66.7 Å². The average Bonchev–Trinajstić information content (AvgIpc) is 3.71. The van der Waals surface area contributed by atoms with Gasteiger partial charge in [-0.15, -0.1) is 0 Å². The number of carboxylic acid groups (broad SMARTS) is 1. The number of nitrogens with one attached hydrogen (secondary N) is 1. The highest BCUT2D eigenvalue weighted by Gasteiger charge is 2.43. The molecule has 8 heteroatoms. The standard InChI is InChI=1S/C19H22N2O2.C11H11NO3/c1-14-11-17(19(20)22)5-6-18(14)16-4-2-3-15(12-16)13-21-7-9-23-10-8-21;13-7-12-11(5-6-11)9-3-1-8(2-4-9)10(14)15/h2-6,11-12H,7-10,13H2,1H3,(H2,20,22);1-4,7H,5-6H2,(H,12,13)(H,14,15). The van der Waals surface area contributed by atoms with Crippen LogP contribution in [0.4, 0.5) is 0 Å². The fourth-order valence-corrected chi connectivity index (χ4v) is 4.68. The van der Waals surface area contributed by atoms with Gasteiger partial charge in [0.25, 0.3) is 0 Å². The summed E-state index contributed by atoms with van der Waals surface area (Å²) in [5.41, 5.74) is 11.6. The number of benzene rings is 3. The van der Waals surface area contributed by atoms with E-state index in [-0.39, 0.29) is 17.0 Å². The first kappa shape index (κ1) is 27.0. The molecule has 1 aliphatic carbocycles. The third-order valence-electron chi connectivity index (χ3n) is 7.03. The molecule has 3 aromatic carbocycles. The molecule has 2 amide bonds. The Hall–Kier alpha value is -4.01. The SMILES string of the molecule is Cc1cc(C(N)=O)ccc1-c1cccc(CN2CCOCC2)c1.O=CNC1(c2ccc(C(=O)O)cc2)CC1. The Balaban J connectivity index is 0.000000194. The number of ether oxygens (including phenoxy) is 1. The molecule has 0 aromatic heterocycles. The van der Waals surface area contributed by atoms with Gasteiger partial charge in [0.2, 0.25) is 12.3 Å². The number of carbonyl (C=O) groups is 3. The van der Waals surface area contributed by atoms with Gasteiger partial charge in [-0.2, -0.15) is 0 Å². The number of hydrogen-bond acceptors (Lipinski definition) is 5. The van der Waals surface area contributed by atoms with Crippen LogP contribution in [0.3, 0.4) is 0 Å². The first-order valence-electron chi connectivity index (χ1n) is 12.7. The zero-order valence-corrected chi connectivity index (χ0v) is 21.5. The van der Waals surface area contributed by atoms with Crippen molar-refractivity contribution in [2.24, 2.45) is 5.73 Å². The first-order valence-corrected chi connectivity index (χ1v) is 12.7. The maximum absolute atomic E-state index is 11.3. The van der Waals surface area contributed by atoms with Crippen LogP contribution in [-0.2, 0) is 21.6 Å². The second kappa shape index (κ2) is 12.0. The Morgan fingerprint density at radius 2 is 1.71 bits per heavy atom. The van der Waals surface area contributed by atoms with Crippen molar-refractivity contribution in [2.75, 3.05) is 26.3 Å².